The predicted octanol–water partition coefficient (Wildman–Crippen LogP) is 3.31. The first kappa shape index (κ1) is 12.2. The first-order chi connectivity index (χ1) is 8.26. The van der Waals surface area contributed by atoms with Crippen LogP contribution in [0.5, 0.6) is 0 Å². The van der Waals surface area contributed by atoms with Crippen LogP contribution in [0.2, 0.25) is 0 Å². The van der Waals surface area contributed by atoms with Crippen molar-refractivity contribution in [3.63, 3.8) is 0 Å². The van der Waals surface area contributed by atoms with Crippen molar-refractivity contribution in [2.24, 2.45) is 0 Å². The van der Waals surface area contributed by atoms with Crippen LogP contribution in [0.1, 0.15) is 12.1 Å². The van der Waals surface area contributed by atoms with Crippen LogP contribution in [0, 0.1) is 11.3 Å². The maximum Gasteiger partial charge on any atom is 0.121 e. The molecule has 0 fully saturated rings. The zero-order valence-electron chi connectivity index (χ0n) is 9.61. The van der Waals surface area contributed by atoms with E-state index >= 15 is 0 Å². The highest BCUT2D eigenvalue weighted by Gasteiger charge is 2.08. The first-order valence-electron chi connectivity index (χ1n) is 5.44. The van der Waals surface area contributed by atoms with Gasteiger partial charge in [-0.1, -0.05) is 22.0 Å². The number of nitriles is 1. The van der Waals surface area contributed by atoms with Crippen molar-refractivity contribution in [1.82, 2.24) is 4.57 Å². The number of ether oxygens (including phenoxy) is 1. The molecule has 0 saturated carbocycles. The summed E-state index contributed by atoms with van der Waals surface area (Å²) >= 11 is 3.46. The number of methoxy groups -OCH3 is 1. The van der Waals surface area contributed by atoms with E-state index in [0.29, 0.717) is 12.3 Å². The highest BCUT2D eigenvalue weighted by molar-refractivity contribution is 9.10. The fourth-order valence-corrected chi connectivity index (χ4v) is 2.28. The van der Waals surface area contributed by atoms with E-state index in [0.717, 1.165) is 28.3 Å². The van der Waals surface area contributed by atoms with Gasteiger partial charge in [0.05, 0.1) is 5.52 Å². The number of aryl methyl sites for hydroxylation is 1. The van der Waals surface area contributed by atoms with Gasteiger partial charge in [0.25, 0.3) is 0 Å². The second-order valence-corrected chi connectivity index (χ2v) is 4.76. The van der Waals surface area contributed by atoms with Crippen LogP contribution in [0.4, 0.5) is 0 Å². The Morgan fingerprint density at radius 2 is 2.24 bits per heavy atom. The molecule has 0 aliphatic heterocycles. The van der Waals surface area contributed by atoms with E-state index in [4.69, 9.17) is 10.00 Å². The molecule has 3 nitrogen and oxygen atoms in total. The molecule has 0 unspecified atom stereocenters. The molecule has 0 amide bonds. The number of benzene rings is 1. The zero-order valence-corrected chi connectivity index (χ0v) is 11.2. The minimum Gasteiger partial charge on any atom is -0.385 e. The fraction of sp³-hybridized carbons (Fsp3) is 0.308. The number of halogens is 1. The molecule has 0 N–H and O–H groups in total. The van der Waals surface area contributed by atoms with Crippen LogP contribution in [0.3, 0.4) is 0 Å². The van der Waals surface area contributed by atoms with Crippen molar-refractivity contribution >= 4 is 26.8 Å². The summed E-state index contributed by atoms with van der Waals surface area (Å²) in [7, 11) is 1.69. The van der Waals surface area contributed by atoms with E-state index in [1.165, 1.54) is 0 Å². The summed E-state index contributed by atoms with van der Waals surface area (Å²) in [6.07, 6.45) is 0.904. The molecule has 0 bridgehead atoms. The third kappa shape index (κ3) is 2.51. The Morgan fingerprint density at radius 1 is 1.41 bits per heavy atom. The lowest BCUT2D eigenvalue weighted by molar-refractivity contribution is 0.190. The molecule has 17 heavy (non-hydrogen) atoms. The normalized spacial score (nSPS) is 10.6. The monoisotopic (exact) mass is 292 g/mol. The van der Waals surface area contributed by atoms with Crippen LogP contribution in [-0.4, -0.2) is 18.3 Å². The Labute approximate surface area is 109 Å². The van der Waals surface area contributed by atoms with Crippen LogP contribution in [0.25, 0.3) is 10.9 Å². The van der Waals surface area contributed by atoms with Gasteiger partial charge in [0.15, 0.2) is 0 Å². The summed E-state index contributed by atoms with van der Waals surface area (Å²) in [5.74, 6) is 0. The Bertz CT molecular complexity index is 569. The second kappa shape index (κ2) is 5.35. The minimum absolute atomic E-state index is 0.703. The standard InChI is InChI=1S/C13H13BrN2O/c1-17-6-2-5-16-12(9-15)7-10-3-4-11(14)8-13(10)16/h3-4,7-8H,2,5-6H2,1H3. The van der Waals surface area contributed by atoms with Gasteiger partial charge in [-0.25, -0.2) is 0 Å². The molecule has 0 atom stereocenters. The molecule has 0 radical (unpaired) electrons. The Morgan fingerprint density at radius 3 is 2.94 bits per heavy atom. The summed E-state index contributed by atoms with van der Waals surface area (Å²) in [6, 6.07) is 10.2. The number of fused-ring (bicyclic) bond motifs is 1. The maximum absolute atomic E-state index is 9.13. The summed E-state index contributed by atoms with van der Waals surface area (Å²) < 4.78 is 8.11. The van der Waals surface area contributed by atoms with Gasteiger partial charge >= 0.3 is 0 Å². The molecule has 1 heterocycles. The van der Waals surface area contributed by atoms with Gasteiger partial charge < -0.3 is 9.30 Å². The van der Waals surface area contributed by atoms with E-state index in [1.807, 2.05) is 28.8 Å². The van der Waals surface area contributed by atoms with Crippen molar-refractivity contribution in [2.75, 3.05) is 13.7 Å². The summed E-state index contributed by atoms with van der Waals surface area (Å²) in [5.41, 5.74) is 1.79. The molecular formula is C13H13BrN2O. The van der Waals surface area contributed by atoms with Gasteiger partial charge in [-0.3, -0.25) is 0 Å². The van der Waals surface area contributed by atoms with Crippen LogP contribution in [-0.2, 0) is 11.3 Å². The quantitative estimate of drug-likeness (QED) is 0.811. The topological polar surface area (TPSA) is 38.0 Å². The molecule has 1 aromatic carbocycles. The Kier molecular flexibility index (Phi) is 3.82. The first-order valence-corrected chi connectivity index (χ1v) is 6.23. The number of aromatic nitrogens is 1. The molecule has 2 rings (SSSR count). The number of hydrogen-bond donors (Lipinski definition) is 0. The lowest BCUT2D eigenvalue weighted by Gasteiger charge is -2.06. The lowest BCUT2D eigenvalue weighted by Crippen LogP contribution is -2.03. The lowest BCUT2D eigenvalue weighted by atomic mass is 10.2. The average molecular weight is 293 g/mol. The zero-order chi connectivity index (χ0) is 12.3. The third-order valence-corrected chi connectivity index (χ3v) is 3.20. The van der Waals surface area contributed by atoms with E-state index < -0.39 is 0 Å². The SMILES string of the molecule is COCCCn1c(C#N)cc2ccc(Br)cc21. The maximum atomic E-state index is 9.13. The molecule has 1 aromatic heterocycles. The van der Waals surface area contributed by atoms with Gasteiger partial charge in [0, 0.05) is 30.1 Å². The number of hydrogen-bond acceptors (Lipinski definition) is 2. The highest BCUT2D eigenvalue weighted by atomic mass is 79.9. The highest BCUT2D eigenvalue weighted by Crippen LogP contribution is 2.23. The molecule has 2 aromatic rings. The Balaban J connectivity index is 2.42. The van der Waals surface area contributed by atoms with Gasteiger partial charge in [-0.2, -0.15) is 5.26 Å². The summed E-state index contributed by atoms with van der Waals surface area (Å²) in [6.45, 7) is 1.51. The Hall–Kier alpha value is -1.31. The van der Waals surface area contributed by atoms with Crippen LogP contribution < -0.4 is 0 Å². The molecule has 4 heteroatoms. The van der Waals surface area contributed by atoms with Crippen molar-refractivity contribution < 1.29 is 4.74 Å². The summed E-state index contributed by atoms with van der Waals surface area (Å²) in [5, 5.41) is 10.2. The van der Waals surface area contributed by atoms with E-state index in [9.17, 15) is 0 Å². The van der Waals surface area contributed by atoms with Gasteiger partial charge in [-0.05, 0) is 24.6 Å². The average Bonchev–Trinajstić information content (AvgIpc) is 2.67. The largest absolute Gasteiger partial charge is 0.385 e. The van der Waals surface area contributed by atoms with Crippen molar-refractivity contribution in [3.05, 3.63) is 34.4 Å². The fourth-order valence-electron chi connectivity index (χ4n) is 1.93. The number of rotatable bonds is 4. The van der Waals surface area contributed by atoms with E-state index in [-0.39, 0.29) is 0 Å². The predicted molar refractivity (Wildman–Crippen MR) is 70.8 cm³/mol. The molecule has 0 aliphatic rings. The molecular weight excluding hydrogens is 280 g/mol. The second-order valence-electron chi connectivity index (χ2n) is 3.84. The van der Waals surface area contributed by atoms with Gasteiger partial charge in [-0.15, -0.1) is 0 Å². The van der Waals surface area contributed by atoms with Crippen LogP contribution >= 0.6 is 15.9 Å². The van der Waals surface area contributed by atoms with E-state index in [1.54, 1.807) is 7.11 Å². The summed E-state index contributed by atoms with van der Waals surface area (Å²) in [4.78, 5) is 0. The van der Waals surface area contributed by atoms with Crippen molar-refractivity contribution in [3.8, 4) is 6.07 Å². The number of nitrogens with zero attached hydrogens (tertiary/aromatic N) is 2. The van der Waals surface area contributed by atoms with Crippen LogP contribution in [0.15, 0.2) is 28.7 Å². The van der Waals surface area contributed by atoms with Gasteiger partial charge in [0.2, 0.25) is 0 Å². The smallest absolute Gasteiger partial charge is 0.121 e. The third-order valence-electron chi connectivity index (χ3n) is 2.71. The molecule has 88 valence electrons. The molecule has 0 saturated heterocycles. The minimum atomic E-state index is 0.703. The van der Waals surface area contributed by atoms with E-state index in [2.05, 4.69) is 22.0 Å². The van der Waals surface area contributed by atoms with Crippen molar-refractivity contribution in [1.29, 1.82) is 5.26 Å². The molecule has 0 aliphatic carbocycles. The molecule has 0 spiro atoms. The van der Waals surface area contributed by atoms with Gasteiger partial charge in [0.1, 0.15) is 11.8 Å². The van der Waals surface area contributed by atoms with Crippen molar-refractivity contribution in [2.45, 2.75) is 13.0 Å².